The molecule has 0 aromatic heterocycles. The summed E-state index contributed by atoms with van der Waals surface area (Å²) in [5, 5.41) is -0.0787. The van der Waals surface area contributed by atoms with Crippen LogP contribution in [-0.4, -0.2) is 16.8 Å². The van der Waals surface area contributed by atoms with E-state index in [4.69, 9.17) is 28.9 Å². The standard InChI is InChI=1S/C5H11Cl2N/c1-3(6)5(8)4(2)7/h3-5H,8H2,1-2H3. The Hall–Kier alpha value is 0.540. The van der Waals surface area contributed by atoms with Gasteiger partial charge in [-0.1, -0.05) is 0 Å². The normalized spacial score (nSPS) is 22.1. The Labute approximate surface area is 60.1 Å². The minimum atomic E-state index is -0.0988. The van der Waals surface area contributed by atoms with Gasteiger partial charge >= 0.3 is 0 Å². The highest BCUT2D eigenvalue weighted by Gasteiger charge is 2.14. The molecule has 0 heterocycles. The third-order valence-electron chi connectivity index (χ3n) is 1.06. The van der Waals surface area contributed by atoms with Gasteiger partial charge in [0.2, 0.25) is 0 Å². The molecule has 0 bridgehead atoms. The zero-order chi connectivity index (χ0) is 6.73. The van der Waals surface area contributed by atoms with Gasteiger partial charge in [-0.15, -0.1) is 23.2 Å². The molecule has 0 amide bonds. The van der Waals surface area contributed by atoms with E-state index < -0.39 is 0 Å². The Bertz CT molecular complexity index is 55.4. The van der Waals surface area contributed by atoms with Crippen molar-refractivity contribution in [2.45, 2.75) is 30.6 Å². The maximum atomic E-state index is 5.61. The molecule has 0 radical (unpaired) electrons. The highest BCUT2D eigenvalue weighted by Crippen LogP contribution is 2.07. The fourth-order valence-corrected chi connectivity index (χ4v) is 0.876. The Kier molecular flexibility index (Phi) is 3.78. The summed E-state index contributed by atoms with van der Waals surface area (Å²) >= 11 is 11.2. The molecule has 2 atom stereocenters. The summed E-state index contributed by atoms with van der Waals surface area (Å²) in [5.74, 6) is 0. The highest BCUT2D eigenvalue weighted by atomic mass is 35.5. The Morgan fingerprint density at radius 2 is 1.38 bits per heavy atom. The Balaban J connectivity index is 3.46. The van der Waals surface area contributed by atoms with Gasteiger partial charge in [-0.3, -0.25) is 0 Å². The van der Waals surface area contributed by atoms with E-state index in [-0.39, 0.29) is 16.8 Å². The molecule has 1 nitrogen and oxygen atoms in total. The summed E-state index contributed by atoms with van der Waals surface area (Å²) in [6.45, 7) is 3.68. The van der Waals surface area contributed by atoms with Crippen molar-refractivity contribution in [3.8, 4) is 0 Å². The van der Waals surface area contributed by atoms with Crippen LogP contribution in [0, 0.1) is 0 Å². The van der Waals surface area contributed by atoms with Crippen LogP contribution in [0.3, 0.4) is 0 Å². The molecular weight excluding hydrogens is 145 g/mol. The monoisotopic (exact) mass is 155 g/mol. The maximum Gasteiger partial charge on any atom is 0.0473 e. The number of hydrogen-bond acceptors (Lipinski definition) is 1. The number of halogens is 2. The predicted octanol–water partition coefficient (Wildman–Crippen LogP) is 1.57. The molecule has 0 aliphatic heterocycles. The summed E-state index contributed by atoms with van der Waals surface area (Å²) in [6.07, 6.45) is 0. The van der Waals surface area contributed by atoms with Crippen LogP contribution in [0.15, 0.2) is 0 Å². The zero-order valence-electron chi connectivity index (χ0n) is 5.07. The number of nitrogens with two attached hydrogens (primary N) is 1. The van der Waals surface area contributed by atoms with Crippen molar-refractivity contribution >= 4 is 23.2 Å². The van der Waals surface area contributed by atoms with Crippen molar-refractivity contribution in [1.29, 1.82) is 0 Å². The first-order valence-electron chi connectivity index (χ1n) is 2.59. The minimum Gasteiger partial charge on any atom is -0.325 e. The first-order valence-corrected chi connectivity index (χ1v) is 3.46. The highest BCUT2D eigenvalue weighted by molar-refractivity contribution is 6.24. The van der Waals surface area contributed by atoms with E-state index in [1.165, 1.54) is 0 Å². The van der Waals surface area contributed by atoms with E-state index in [0.717, 1.165) is 0 Å². The van der Waals surface area contributed by atoms with Gasteiger partial charge in [0, 0.05) is 16.8 Å². The van der Waals surface area contributed by atoms with E-state index in [1.54, 1.807) is 0 Å². The van der Waals surface area contributed by atoms with E-state index in [2.05, 4.69) is 0 Å². The molecule has 2 unspecified atom stereocenters. The van der Waals surface area contributed by atoms with Crippen LogP contribution < -0.4 is 5.73 Å². The molecule has 0 spiro atoms. The molecule has 3 heteroatoms. The van der Waals surface area contributed by atoms with Crippen molar-refractivity contribution in [2.75, 3.05) is 0 Å². The molecule has 0 aromatic carbocycles. The van der Waals surface area contributed by atoms with Crippen molar-refractivity contribution in [1.82, 2.24) is 0 Å². The Morgan fingerprint density at radius 3 is 1.38 bits per heavy atom. The average Bonchev–Trinajstić information content (AvgIpc) is 1.64. The average molecular weight is 156 g/mol. The summed E-state index contributed by atoms with van der Waals surface area (Å²) in [4.78, 5) is 0. The van der Waals surface area contributed by atoms with Crippen LogP contribution in [0.5, 0.6) is 0 Å². The predicted molar refractivity (Wildman–Crippen MR) is 38.6 cm³/mol. The van der Waals surface area contributed by atoms with Crippen LogP contribution in [-0.2, 0) is 0 Å². The molecule has 0 saturated heterocycles. The van der Waals surface area contributed by atoms with Gasteiger partial charge in [0.1, 0.15) is 0 Å². The van der Waals surface area contributed by atoms with Gasteiger partial charge in [0.05, 0.1) is 0 Å². The van der Waals surface area contributed by atoms with Crippen molar-refractivity contribution < 1.29 is 0 Å². The number of rotatable bonds is 2. The van der Waals surface area contributed by atoms with Gasteiger partial charge in [0.25, 0.3) is 0 Å². The molecule has 0 aliphatic carbocycles. The third kappa shape index (κ3) is 2.75. The third-order valence-corrected chi connectivity index (χ3v) is 1.64. The number of alkyl halides is 2. The fourth-order valence-electron chi connectivity index (χ4n) is 0.365. The lowest BCUT2D eigenvalue weighted by Crippen LogP contribution is -2.36. The molecule has 0 saturated carbocycles. The quantitative estimate of drug-likeness (QED) is 0.603. The molecule has 0 aliphatic rings. The lowest BCUT2D eigenvalue weighted by molar-refractivity contribution is 0.643. The van der Waals surface area contributed by atoms with Gasteiger partial charge in [-0.25, -0.2) is 0 Å². The van der Waals surface area contributed by atoms with E-state index in [1.807, 2.05) is 13.8 Å². The van der Waals surface area contributed by atoms with Crippen LogP contribution in [0.25, 0.3) is 0 Å². The molecule has 0 fully saturated rings. The van der Waals surface area contributed by atoms with Crippen molar-refractivity contribution in [3.63, 3.8) is 0 Å². The second kappa shape index (κ2) is 3.54. The number of hydrogen-bond donors (Lipinski definition) is 1. The summed E-state index contributed by atoms with van der Waals surface area (Å²) < 4.78 is 0. The zero-order valence-corrected chi connectivity index (χ0v) is 6.58. The largest absolute Gasteiger partial charge is 0.325 e. The second-order valence-corrected chi connectivity index (χ2v) is 3.31. The maximum absolute atomic E-state index is 5.61. The van der Waals surface area contributed by atoms with Crippen LogP contribution in [0.2, 0.25) is 0 Å². The van der Waals surface area contributed by atoms with Crippen molar-refractivity contribution in [2.24, 2.45) is 5.73 Å². The Morgan fingerprint density at radius 1 is 1.12 bits per heavy atom. The first-order chi connectivity index (χ1) is 3.55. The van der Waals surface area contributed by atoms with E-state index >= 15 is 0 Å². The fraction of sp³-hybridized carbons (Fsp3) is 1.00. The molecule has 2 N–H and O–H groups in total. The van der Waals surface area contributed by atoms with Crippen molar-refractivity contribution in [3.05, 3.63) is 0 Å². The van der Waals surface area contributed by atoms with Gasteiger partial charge in [0.15, 0.2) is 0 Å². The summed E-state index contributed by atoms with van der Waals surface area (Å²) in [6, 6.07) is -0.0988. The first kappa shape index (κ1) is 8.54. The SMILES string of the molecule is CC(Cl)C(N)C(C)Cl. The topological polar surface area (TPSA) is 26.0 Å². The van der Waals surface area contributed by atoms with Gasteiger partial charge < -0.3 is 5.73 Å². The smallest absolute Gasteiger partial charge is 0.0473 e. The molecular formula is C5H11Cl2N. The lowest BCUT2D eigenvalue weighted by atomic mass is 10.2. The van der Waals surface area contributed by atoms with Crippen LogP contribution in [0.1, 0.15) is 13.8 Å². The van der Waals surface area contributed by atoms with Crippen LogP contribution >= 0.6 is 23.2 Å². The molecule has 50 valence electrons. The van der Waals surface area contributed by atoms with Gasteiger partial charge in [-0.05, 0) is 13.8 Å². The molecule has 0 aromatic rings. The molecule has 8 heavy (non-hydrogen) atoms. The minimum absolute atomic E-state index is 0.0394. The van der Waals surface area contributed by atoms with E-state index in [0.29, 0.717) is 0 Å². The second-order valence-electron chi connectivity index (χ2n) is 1.93. The van der Waals surface area contributed by atoms with E-state index in [9.17, 15) is 0 Å². The van der Waals surface area contributed by atoms with Crippen LogP contribution in [0.4, 0.5) is 0 Å². The lowest BCUT2D eigenvalue weighted by Gasteiger charge is -2.15. The molecule has 0 rings (SSSR count). The van der Waals surface area contributed by atoms with Gasteiger partial charge in [-0.2, -0.15) is 0 Å². The summed E-state index contributed by atoms with van der Waals surface area (Å²) in [7, 11) is 0. The summed E-state index contributed by atoms with van der Waals surface area (Å²) in [5.41, 5.74) is 5.50.